The van der Waals surface area contributed by atoms with E-state index in [0.29, 0.717) is 12.4 Å². The van der Waals surface area contributed by atoms with Gasteiger partial charge in [0.05, 0.1) is 12.6 Å². The second kappa shape index (κ2) is 6.93. The fourth-order valence-corrected chi connectivity index (χ4v) is 3.69. The lowest BCUT2D eigenvalue weighted by Crippen LogP contribution is -2.53. The molecule has 1 N–H and O–H groups in total. The fraction of sp³-hybridized carbons (Fsp3) is 0.500. The molecule has 3 heterocycles. The average molecular weight is 341 g/mol. The first-order chi connectivity index (χ1) is 12.2. The van der Waals surface area contributed by atoms with Gasteiger partial charge in [-0.05, 0) is 24.5 Å². The Morgan fingerprint density at radius 1 is 1.24 bits per heavy atom. The number of anilines is 1. The summed E-state index contributed by atoms with van der Waals surface area (Å²) >= 11 is 0. The van der Waals surface area contributed by atoms with E-state index in [0.717, 1.165) is 50.5 Å². The van der Waals surface area contributed by atoms with Crippen molar-refractivity contribution in [2.75, 3.05) is 31.5 Å². The minimum absolute atomic E-state index is 0.0537. The van der Waals surface area contributed by atoms with E-state index in [2.05, 4.69) is 31.3 Å². The number of rotatable bonds is 3. The first kappa shape index (κ1) is 16.2. The van der Waals surface area contributed by atoms with Crippen molar-refractivity contribution in [2.24, 2.45) is 0 Å². The van der Waals surface area contributed by atoms with Gasteiger partial charge in [-0.3, -0.25) is 14.6 Å². The minimum atomic E-state index is -0.0537. The van der Waals surface area contributed by atoms with Crippen LogP contribution in [0.3, 0.4) is 0 Å². The highest BCUT2D eigenvalue weighted by Crippen LogP contribution is 2.24. The number of aromatic nitrogens is 2. The highest BCUT2D eigenvalue weighted by Gasteiger charge is 2.31. The van der Waals surface area contributed by atoms with E-state index in [9.17, 15) is 4.79 Å². The Morgan fingerprint density at radius 2 is 2.04 bits per heavy atom. The molecule has 1 amide bonds. The smallest absolute Gasteiger partial charge is 0.241 e. The zero-order chi connectivity index (χ0) is 17.2. The van der Waals surface area contributed by atoms with Gasteiger partial charge >= 0.3 is 0 Å². The average Bonchev–Trinajstić information content (AvgIpc) is 2.94. The fourth-order valence-electron chi connectivity index (χ4n) is 3.69. The van der Waals surface area contributed by atoms with Gasteiger partial charge < -0.3 is 9.84 Å². The van der Waals surface area contributed by atoms with Crippen LogP contribution in [0.15, 0.2) is 28.8 Å². The Morgan fingerprint density at radius 3 is 2.80 bits per heavy atom. The summed E-state index contributed by atoms with van der Waals surface area (Å²) in [5.74, 6) is 1.45. The number of nitrogens with one attached hydrogen (secondary N) is 1. The number of para-hydroxylation sites is 1. The Bertz CT molecular complexity index is 751. The number of nitrogens with zero attached hydrogens (tertiary/aromatic N) is 4. The number of amides is 1. The molecule has 0 aliphatic carbocycles. The Hall–Kier alpha value is -2.25. The summed E-state index contributed by atoms with van der Waals surface area (Å²) in [5.41, 5.74) is 2.19. The van der Waals surface area contributed by atoms with Crippen LogP contribution in [-0.4, -0.2) is 58.1 Å². The largest absolute Gasteiger partial charge is 0.340 e. The van der Waals surface area contributed by atoms with E-state index < -0.39 is 0 Å². The molecule has 1 aromatic carbocycles. The molecular weight excluding hydrogens is 318 g/mol. The van der Waals surface area contributed by atoms with Crippen LogP contribution in [0.5, 0.6) is 0 Å². The van der Waals surface area contributed by atoms with Crippen LogP contribution in [0.25, 0.3) is 0 Å². The highest BCUT2D eigenvalue weighted by atomic mass is 16.5. The van der Waals surface area contributed by atoms with Gasteiger partial charge in [-0.25, -0.2) is 0 Å². The lowest BCUT2D eigenvalue weighted by Gasteiger charge is -2.37. The van der Waals surface area contributed by atoms with Gasteiger partial charge in [0, 0.05) is 38.8 Å². The molecule has 0 saturated carbocycles. The first-order valence-corrected chi connectivity index (χ1v) is 8.83. The molecule has 4 rings (SSSR count). The Balaban J connectivity index is 1.35. The maximum atomic E-state index is 12.7. The molecule has 1 atom stereocenters. The number of hydrogen-bond acceptors (Lipinski definition) is 6. The summed E-state index contributed by atoms with van der Waals surface area (Å²) in [6, 6.07) is 8.03. The van der Waals surface area contributed by atoms with E-state index in [1.54, 1.807) is 6.92 Å². The van der Waals surface area contributed by atoms with Crippen molar-refractivity contribution < 1.29 is 9.32 Å². The molecule has 1 fully saturated rings. The molecule has 132 valence electrons. The predicted octanol–water partition coefficient (Wildman–Crippen LogP) is 1.45. The van der Waals surface area contributed by atoms with E-state index in [-0.39, 0.29) is 11.9 Å². The van der Waals surface area contributed by atoms with E-state index in [1.165, 1.54) is 5.56 Å². The number of hydrogen-bond donors (Lipinski definition) is 1. The van der Waals surface area contributed by atoms with Crippen molar-refractivity contribution in [2.45, 2.75) is 32.4 Å². The molecule has 0 spiro atoms. The molecule has 2 aromatic rings. The van der Waals surface area contributed by atoms with Crippen LogP contribution < -0.4 is 5.32 Å². The molecule has 25 heavy (non-hydrogen) atoms. The maximum Gasteiger partial charge on any atom is 0.241 e. The van der Waals surface area contributed by atoms with Crippen LogP contribution in [0, 0.1) is 6.92 Å². The molecule has 2 aliphatic heterocycles. The summed E-state index contributed by atoms with van der Waals surface area (Å²) in [6.07, 6.45) is 1.80. The molecule has 0 bridgehead atoms. The van der Waals surface area contributed by atoms with Crippen LogP contribution in [0.2, 0.25) is 0 Å². The van der Waals surface area contributed by atoms with Gasteiger partial charge in [-0.2, -0.15) is 4.98 Å². The molecule has 2 aliphatic rings. The summed E-state index contributed by atoms with van der Waals surface area (Å²) in [7, 11) is 0. The van der Waals surface area contributed by atoms with E-state index in [1.807, 2.05) is 18.2 Å². The summed E-state index contributed by atoms with van der Waals surface area (Å²) in [6.45, 7) is 6.08. The third kappa shape index (κ3) is 3.57. The lowest BCUT2D eigenvalue weighted by molar-refractivity contribution is -0.122. The van der Waals surface area contributed by atoms with Gasteiger partial charge in [-0.15, -0.1) is 0 Å². The standard InChI is InChI=1S/C18H23N5O2/c1-13-19-17(21-25-13)12-22-8-10-23(11-9-22)16-7-6-14-4-2-3-5-15(14)20-18(16)24/h2-5,16H,6-12H2,1H3,(H,20,24)/t16-/m0/s1. The summed E-state index contributed by atoms with van der Waals surface area (Å²) in [4.78, 5) is 21.5. The monoisotopic (exact) mass is 341 g/mol. The van der Waals surface area contributed by atoms with Crippen LogP contribution in [-0.2, 0) is 17.8 Å². The molecule has 0 radical (unpaired) electrons. The number of aryl methyl sites for hydroxylation is 2. The van der Waals surface area contributed by atoms with Crippen LogP contribution in [0.1, 0.15) is 23.7 Å². The SMILES string of the molecule is Cc1nc(CN2CCN([C@H]3CCc4ccccc4NC3=O)CC2)no1. The summed E-state index contributed by atoms with van der Waals surface area (Å²) < 4.78 is 5.03. The molecule has 7 nitrogen and oxygen atoms in total. The van der Waals surface area contributed by atoms with Crippen LogP contribution >= 0.6 is 0 Å². The zero-order valence-corrected chi connectivity index (χ0v) is 14.4. The summed E-state index contributed by atoms with van der Waals surface area (Å²) in [5, 5.41) is 7.06. The van der Waals surface area contributed by atoms with Gasteiger partial charge in [0.15, 0.2) is 5.82 Å². The molecule has 1 aromatic heterocycles. The molecular formula is C18H23N5O2. The molecule has 1 saturated heterocycles. The Kier molecular flexibility index (Phi) is 4.50. The van der Waals surface area contributed by atoms with Gasteiger partial charge in [0.2, 0.25) is 11.8 Å². The third-order valence-electron chi connectivity index (χ3n) is 5.05. The number of carbonyl (C=O) groups excluding carboxylic acids is 1. The maximum absolute atomic E-state index is 12.7. The van der Waals surface area contributed by atoms with Crippen molar-refractivity contribution in [3.05, 3.63) is 41.5 Å². The topological polar surface area (TPSA) is 74.5 Å². The second-order valence-corrected chi connectivity index (χ2v) is 6.74. The minimum Gasteiger partial charge on any atom is -0.340 e. The lowest BCUT2D eigenvalue weighted by atomic mass is 10.0. The number of carbonyl (C=O) groups is 1. The Labute approximate surface area is 147 Å². The predicted molar refractivity (Wildman–Crippen MR) is 93.1 cm³/mol. The number of benzene rings is 1. The van der Waals surface area contributed by atoms with Crippen LogP contribution in [0.4, 0.5) is 5.69 Å². The quantitative estimate of drug-likeness (QED) is 0.911. The molecule has 0 unspecified atom stereocenters. The zero-order valence-electron chi connectivity index (χ0n) is 14.4. The normalized spacial score (nSPS) is 22.3. The second-order valence-electron chi connectivity index (χ2n) is 6.74. The van der Waals surface area contributed by atoms with Crippen molar-refractivity contribution in [3.63, 3.8) is 0 Å². The van der Waals surface area contributed by atoms with E-state index in [4.69, 9.17) is 4.52 Å². The van der Waals surface area contributed by atoms with Crippen molar-refractivity contribution in [3.8, 4) is 0 Å². The van der Waals surface area contributed by atoms with Gasteiger partial charge in [0.25, 0.3) is 0 Å². The van der Waals surface area contributed by atoms with Gasteiger partial charge in [-0.1, -0.05) is 23.4 Å². The van der Waals surface area contributed by atoms with Gasteiger partial charge in [0.1, 0.15) is 0 Å². The van der Waals surface area contributed by atoms with Crippen molar-refractivity contribution in [1.29, 1.82) is 0 Å². The number of piperazine rings is 1. The van der Waals surface area contributed by atoms with Crippen molar-refractivity contribution >= 4 is 11.6 Å². The first-order valence-electron chi connectivity index (χ1n) is 8.83. The third-order valence-corrected chi connectivity index (χ3v) is 5.05. The van der Waals surface area contributed by atoms with E-state index >= 15 is 0 Å². The molecule has 7 heteroatoms. The van der Waals surface area contributed by atoms with Crippen molar-refractivity contribution in [1.82, 2.24) is 19.9 Å². The highest BCUT2D eigenvalue weighted by molar-refractivity contribution is 5.96. The number of fused-ring (bicyclic) bond motifs is 1.